The van der Waals surface area contributed by atoms with Crippen molar-refractivity contribution in [2.75, 3.05) is 13.7 Å². The normalized spacial score (nSPS) is 18.1. The standard InChI is InChI=1S/C27H26N4O3/c1-34-27(33)25-16-21(18-30(25)17-20-10-6-9-19-8-2-3-11-22(19)20)29-26(32)23-12-4-5-13-24(23)31-15-7-14-28-31/h2-15,21,25H,16-18H2,1H3,(H,29,32)/t21-,25+/m1/s1. The number of fused-ring (bicyclic) bond motifs is 1. The number of methoxy groups -OCH3 is 1. The van der Waals surface area contributed by atoms with Crippen LogP contribution >= 0.6 is 0 Å². The van der Waals surface area contributed by atoms with Crippen LogP contribution in [0, 0.1) is 0 Å². The summed E-state index contributed by atoms with van der Waals surface area (Å²) in [4.78, 5) is 27.9. The number of rotatable bonds is 6. The van der Waals surface area contributed by atoms with E-state index in [1.165, 1.54) is 7.11 Å². The van der Waals surface area contributed by atoms with Gasteiger partial charge in [-0.05, 0) is 41.0 Å². The summed E-state index contributed by atoms with van der Waals surface area (Å²) in [5, 5.41) is 9.71. The fraction of sp³-hybridized carbons (Fsp3) is 0.222. The summed E-state index contributed by atoms with van der Waals surface area (Å²) in [6.07, 6.45) is 3.98. The number of nitrogens with zero attached hydrogens (tertiary/aromatic N) is 3. The molecule has 7 heteroatoms. The van der Waals surface area contributed by atoms with Gasteiger partial charge in [-0.2, -0.15) is 5.10 Å². The minimum Gasteiger partial charge on any atom is -0.468 e. The smallest absolute Gasteiger partial charge is 0.323 e. The number of likely N-dealkylation sites (tertiary alicyclic amines) is 1. The highest BCUT2D eigenvalue weighted by Crippen LogP contribution is 2.26. The summed E-state index contributed by atoms with van der Waals surface area (Å²) in [5.74, 6) is -0.472. The number of carbonyl (C=O) groups is 2. The van der Waals surface area contributed by atoms with Crippen molar-refractivity contribution in [1.82, 2.24) is 20.0 Å². The van der Waals surface area contributed by atoms with E-state index in [0.717, 1.165) is 16.3 Å². The van der Waals surface area contributed by atoms with Gasteiger partial charge in [0.05, 0.1) is 18.4 Å². The Labute approximate surface area is 197 Å². The van der Waals surface area contributed by atoms with E-state index in [1.807, 2.05) is 42.5 Å². The lowest BCUT2D eigenvalue weighted by atomic mass is 10.0. The first kappa shape index (κ1) is 21.9. The average Bonchev–Trinajstić information content (AvgIpc) is 3.54. The van der Waals surface area contributed by atoms with Crippen LogP contribution in [0.1, 0.15) is 22.3 Å². The Bertz CT molecular complexity index is 1310. The highest BCUT2D eigenvalue weighted by atomic mass is 16.5. The second kappa shape index (κ2) is 9.49. The molecule has 1 aliphatic heterocycles. The number of nitrogens with one attached hydrogen (secondary N) is 1. The number of amides is 1. The zero-order valence-corrected chi connectivity index (χ0v) is 18.9. The SMILES string of the molecule is COC(=O)[C@@H]1C[C@@H](NC(=O)c2ccccc2-n2cccn2)CN1Cc1cccc2ccccc12. The minimum absolute atomic E-state index is 0.183. The van der Waals surface area contributed by atoms with Crippen LogP contribution in [-0.4, -0.2) is 52.3 Å². The fourth-order valence-corrected chi connectivity index (χ4v) is 4.75. The predicted molar refractivity (Wildman–Crippen MR) is 130 cm³/mol. The maximum Gasteiger partial charge on any atom is 0.323 e. The van der Waals surface area contributed by atoms with Crippen LogP contribution in [0.4, 0.5) is 0 Å². The molecule has 2 atom stereocenters. The number of carbonyl (C=O) groups excluding carboxylic acids is 2. The van der Waals surface area contributed by atoms with Crippen molar-refractivity contribution in [3.05, 3.63) is 96.3 Å². The summed E-state index contributed by atoms with van der Waals surface area (Å²) in [6.45, 7) is 1.15. The third kappa shape index (κ3) is 4.30. The molecule has 0 aliphatic carbocycles. The van der Waals surface area contributed by atoms with Gasteiger partial charge in [0.25, 0.3) is 5.91 Å². The second-order valence-electron chi connectivity index (χ2n) is 8.48. The molecular formula is C27H26N4O3. The minimum atomic E-state index is -0.421. The Morgan fingerprint density at radius 1 is 1.03 bits per heavy atom. The van der Waals surface area contributed by atoms with Gasteiger partial charge in [-0.3, -0.25) is 14.5 Å². The van der Waals surface area contributed by atoms with Gasteiger partial charge in [0.2, 0.25) is 0 Å². The molecule has 1 N–H and O–H groups in total. The van der Waals surface area contributed by atoms with Crippen LogP contribution in [0.15, 0.2) is 85.2 Å². The van der Waals surface area contributed by atoms with Gasteiger partial charge >= 0.3 is 5.97 Å². The fourth-order valence-electron chi connectivity index (χ4n) is 4.75. The number of aromatic nitrogens is 2. The molecule has 1 fully saturated rings. The summed E-state index contributed by atoms with van der Waals surface area (Å²) in [5.41, 5.74) is 2.39. The molecule has 0 saturated carbocycles. The first-order valence-corrected chi connectivity index (χ1v) is 11.3. The Kier molecular flexibility index (Phi) is 6.10. The summed E-state index contributed by atoms with van der Waals surface area (Å²) < 4.78 is 6.76. The van der Waals surface area contributed by atoms with Crippen molar-refractivity contribution in [3.63, 3.8) is 0 Å². The summed E-state index contributed by atoms with van der Waals surface area (Å²) in [6, 6.07) is 23.0. The van der Waals surface area contributed by atoms with Gasteiger partial charge in [0.1, 0.15) is 6.04 Å². The molecule has 1 amide bonds. The number of esters is 1. The molecule has 34 heavy (non-hydrogen) atoms. The van der Waals surface area contributed by atoms with Crippen molar-refractivity contribution in [2.45, 2.75) is 25.0 Å². The number of benzene rings is 3. The third-order valence-corrected chi connectivity index (χ3v) is 6.37. The third-order valence-electron chi connectivity index (χ3n) is 6.37. The van der Waals surface area contributed by atoms with Crippen LogP contribution in [0.2, 0.25) is 0 Å². The van der Waals surface area contributed by atoms with E-state index in [4.69, 9.17) is 4.74 Å². The van der Waals surface area contributed by atoms with E-state index >= 15 is 0 Å². The molecule has 172 valence electrons. The van der Waals surface area contributed by atoms with Gasteiger partial charge in [-0.25, -0.2) is 4.68 Å². The van der Waals surface area contributed by atoms with Crippen molar-refractivity contribution >= 4 is 22.6 Å². The van der Waals surface area contributed by atoms with Gasteiger partial charge in [-0.1, -0.05) is 54.6 Å². The molecule has 4 aromatic rings. The van der Waals surface area contributed by atoms with Crippen LogP contribution in [0.25, 0.3) is 16.5 Å². The molecule has 1 aromatic heterocycles. The molecule has 7 nitrogen and oxygen atoms in total. The summed E-state index contributed by atoms with van der Waals surface area (Å²) in [7, 11) is 1.41. The largest absolute Gasteiger partial charge is 0.468 e. The zero-order chi connectivity index (χ0) is 23.5. The maximum atomic E-state index is 13.2. The van der Waals surface area contributed by atoms with Crippen molar-refractivity contribution in [1.29, 1.82) is 0 Å². The molecule has 1 aliphatic rings. The number of hydrogen-bond donors (Lipinski definition) is 1. The maximum absolute atomic E-state index is 13.2. The van der Waals surface area contributed by atoms with Gasteiger partial charge < -0.3 is 10.1 Å². The van der Waals surface area contributed by atoms with Gasteiger partial charge in [0, 0.05) is 31.5 Å². The Balaban J connectivity index is 1.36. The topological polar surface area (TPSA) is 76.5 Å². The first-order valence-electron chi connectivity index (χ1n) is 11.3. The Morgan fingerprint density at radius 3 is 2.65 bits per heavy atom. The second-order valence-corrected chi connectivity index (χ2v) is 8.48. The highest BCUT2D eigenvalue weighted by molar-refractivity contribution is 5.98. The molecule has 0 unspecified atom stereocenters. The highest BCUT2D eigenvalue weighted by Gasteiger charge is 2.38. The van der Waals surface area contributed by atoms with E-state index in [0.29, 0.717) is 30.8 Å². The van der Waals surface area contributed by atoms with E-state index < -0.39 is 6.04 Å². The molecule has 3 aromatic carbocycles. The van der Waals surface area contributed by atoms with Crippen molar-refractivity contribution < 1.29 is 14.3 Å². The molecule has 1 saturated heterocycles. The molecule has 0 bridgehead atoms. The lowest BCUT2D eigenvalue weighted by Gasteiger charge is -2.23. The quantitative estimate of drug-likeness (QED) is 0.451. The van der Waals surface area contributed by atoms with E-state index in [2.05, 4.69) is 39.6 Å². The molecule has 2 heterocycles. The Hall–Kier alpha value is -3.97. The molecule has 0 radical (unpaired) electrons. The lowest BCUT2D eigenvalue weighted by molar-refractivity contribution is -0.146. The monoisotopic (exact) mass is 454 g/mol. The average molecular weight is 455 g/mol. The first-order chi connectivity index (χ1) is 16.6. The van der Waals surface area contributed by atoms with E-state index in [1.54, 1.807) is 23.1 Å². The van der Waals surface area contributed by atoms with Crippen LogP contribution in [0.5, 0.6) is 0 Å². The Morgan fingerprint density at radius 2 is 1.82 bits per heavy atom. The van der Waals surface area contributed by atoms with Gasteiger partial charge in [0.15, 0.2) is 0 Å². The van der Waals surface area contributed by atoms with Crippen LogP contribution in [0.3, 0.4) is 0 Å². The van der Waals surface area contributed by atoms with Crippen molar-refractivity contribution in [2.24, 2.45) is 0 Å². The van der Waals surface area contributed by atoms with Gasteiger partial charge in [-0.15, -0.1) is 0 Å². The van der Waals surface area contributed by atoms with Crippen LogP contribution in [-0.2, 0) is 16.1 Å². The molecule has 0 spiro atoms. The number of hydrogen-bond acceptors (Lipinski definition) is 5. The van der Waals surface area contributed by atoms with E-state index in [9.17, 15) is 9.59 Å². The predicted octanol–water partition coefficient (Wildman–Crippen LogP) is 3.57. The zero-order valence-electron chi connectivity index (χ0n) is 18.9. The van der Waals surface area contributed by atoms with Crippen molar-refractivity contribution in [3.8, 4) is 5.69 Å². The molecule has 5 rings (SSSR count). The number of ether oxygens (including phenoxy) is 1. The summed E-state index contributed by atoms with van der Waals surface area (Å²) >= 11 is 0. The molecular weight excluding hydrogens is 428 g/mol. The lowest BCUT2D eigenvalue weighted by Crippen LogP contribution is -2.38. The number of para-hydroxylation sites is 1. The van der Waals surface area contributed by atoms with E-state index in [-0.39, 0.29) is 17.9 Å². The van der Waals surface area contributed by atoms with Crippen LogP contribution < -0.4 is 5.32 Å².